The molecule has 8 heteroatoms. The Morgan fingerprint density at radius 2 is 1.96 bits per heavy atom. The first-order valence-electron chi connectivity index (χ1n) is 8.19. The lowest BCUT2D eigenvalue weighted by molar-refractivity contribution is 0.380. The second-order valence-electron chi connectivity index (χ2n) is 5.79. The summed E-state index contributed by atoms with van der Waals surface area (Å²) in [5.41, 5.74) is 7.36. The summed E-state index contributed by atoms with van der Waals surface area (Å²) in [5.74, 6) is 0.648. The number of aromatic nitrogens is 1. The van der Waals surface area contributed by atoms with E-state index in [0.29, 0.717) is 12.5 Å². The molecule has 1 fully saturated rings. The second-order valence-corrected chi connectivity index (χ2v) is 6.66. The third kappa shape index (κ3) is 5.46. The molecule has 0 unspecified atom stereocenters. The average molecular weight is 472 g/mol. The van der Waals surface area contributed by atoms with Crippen molar-refractivity contribution in [2.24, 2.45) is 10.7 Å². The lowest BCUT2D eigenvalue weighted by atomic mass is 10.3. The summed E-state index contributed by atoms with van der Waals surface area (Å²) in [6.07, 6.45) is 1.85. The van der Waals surface area contributed by atoms with Gasteiger partial charge in [-0.15, -0.1) is 35.3 Å². The number of rotatable bonds is 5. The van der Waals surface area contributed by atoms with Gasteiger partial charge in [0.05, 0.1) is 6.54 Å². The number of thiazole rings is 1. The zero-order valence-corrected chi connectivity index (χ0v) is 17.6. The van der Waals surface area contributed by atoms with E-state index < -0.39 is 0 Å². The Kier molecular flexibility index (Phi) is 7.76. The minimum absolute atomic E-state index is 0. The largest absolute Gasteiger partial charge is 0.373 e. The Balaban J connectivity index is 0.00000225. The summed E-state index contributed by atoms with van der Waals surface area (Å²) in [6.45, 7) is 5.21. The van der Waals surface area contributed by atoms with Crippen molar-refractivity contribution >= 4 is 52.1 Å². The van der Waals surface area contributed by atoms with Crippen LogP contribution in [0.15, 0.2) is 46.9 Å². The number of piperazine rings is 1. The van der Waals surface area contributed by atoms with E-state index >= 15 is 0 Å². The molecule has 0 atom stereocenters. The lowest BCUT2D eigenvalue weighted by Gasteiger charge is -2.35. The molecule has 1 aliphatic heterocycles. The number of hydrogen-bond acceptors (Lipinski definition) is 5. The normalized spacial score (nSPS) is 15.0. The molecule has 3 rings (SSSR count). The minimum Gasteiger partial charge on any atom is -0.373 e. The molecular formula is C17H25IN6S. The molecule has 6 nitrogen and oxygen atoms in total. The minimum atomic E-state index is 0. The van der Waals surface area contributed by atoms with Gasteiger partial charge in [-0.2, -0.15) is 0 Å². The van der Waals surface area contributed by atoms with Gasteiger partial charge in [-0.1, -0.05) is 18.2 Å². The Bertz CT molecular complexity index is 640. The molecule has 136 valence electrons. The van der Waals surface area contributed by atoms with Crippen LogP contribution in [-0.4, -0.2) is 62.2 Å². The highest BCUT2D eigenvalue weighted by Gasteiger charge is 2.19. The molecular weight excluding hydrogens is 447 g/mol. The van der Waals surface area contributed by atoms with Gasteiger partial charge in [-0.3, -0.25) is 4.99 Å². The van der Waals surface area contributed by atoms with Crippen LogP contribution >= 0.6 is 35.3 Å². The standard InChI is InChI=1S/C17H24N6S.HI/c1-21(15-5-3-2-4-6-15)9-7-19-16(18)22-10-12-23(13-11-22)17-20-8-14-24-17;/h2-6,8,14H,7,9-13H2,1H3,(H2,18,19);1H. The Morgan fingerprint density at radius 3 is 2.60 bits per heavy atom. The van der Waals surface area contributed by atoms with E-state index in [1.807, 2.05) is 29.8 Å². The van der Waals surface area contributed by atoms with Gasteiger partial charge in [0.1, 0.15) is 0 Å². The van der Waals surface area contributed by atoms with Crippen molar-refractivity contribution in [1.82, 2.24) is 9.88 Å². The predicted octanol–water partition coefficient (Wildman–Crippen LogP) is 2.33. The molecule has 2 aromatic rings. The number of anilines is 2. The van der Waals surface area contributed by atoms with Crippen LogP contribution in [0.4, 0.5) is 10.8 Å². The van der Waals surface area contributed by atoms with Crippen LogP contribution in [-0.2, 0) is 0 Å². The average Bonchev–Trinajstić information content (AvgIpc) is 3.17. The van der Waals surface area contributed by atoms with Crippen molar-refractivity contribution in [2.75, 3.05) is 56.1 Å². The fourth-order valence-corrected chi connectivity index (χ4v) is 3.42. The lowest BCUT2D eigenvalue weighted by Crippen LogP contribution is -2.51. The molecule has 1 aromatic carbocycles. The first-order valence-corrected chi connectivity index (χ1v) is 9.07. The number of guanidine groups is 1. The highest BCUT2D eigenvalue weighted by atomic mass is 127. The van der Waals surface area contributed by atoms with E-state index in [2.05, 4.69) is 43.9 Å². The maximum atomic E-state index is 6.16. The second kappa shape index (κ2) is 9.81. The number of hydrogen-bond donors (Lipinski definition) is 1. The monoisotopic (exact) mass is 472 g/mol. The van der Waals surface area contributed by atoms with Crippen molar-refractivity contribution in [1.29, 1.82) is 0 Å². The van der Waals surface area contributed by atoms with Crippen molar-refractivity contribution < 1.29 is 0 Å². The first kappa shape index (κ1) is 19.8. The van der Waals surface area contributed by atoms with Gasteiger partial charge in [-0.05, 0) is 12.1 Å². The molecule has 0 aliphatic carbocycles. The van der Waals surface area contributed by atoms with E-state index in [0.717, 1.165) is 37.9 Å². The van der Waals surface area contributed by atoms with Gasteiger partial charge in [0, 0.05) is 57.0 Å². The molecule has 25 heavy (non-hydrogen) atoms. The number of halogens is 1. The molecule has 1 aliphatic rings. The fraction of sp³-hybridized carbons (Fsp3) is 0.412. The number of benzene rings is 1. The van der Waals surface area contributed by atoms with Gasteiger partial charge in [-0.25, -0.2) is 4.98 Å². The molecule has 1 saturated heterocycles. The zero-order chi connectivity index (χ0) is 16.8. The number of likely N-dealkylation sites (N-methyl/N-ethyl adjacent to an activating group) is 1. The van der Waals surface area contributed by atoms with Crippen LogP contribution < -0.4 is 15.5 Å². The molecule has 2 N–H and O–H groups in total. The molecule has 0 radical (unpaired) electrons. The van der Waals surface area contributed by atoms with E-state index in [4.69, 9.17) is 5.73 Å². The molecule has 0 spiro atoms. The Morgan fingerprint density at radius 1 is 1.24 bits per heavy atom. The third-order valence-corrected chi connectivity index (χ3v) is 5.03. The molecule has 0 amide bonds. The van der Waals surface area contributed by atoms with Gasteiger partial charge in [0.25, 0.3) is 0 Å². The van der Waals surface area contributed by atoms with Crippen molar-refractivity contribution in [3.8, 4) is 0 Å². The van der Waals surface area contributed by atoms with Crippen LogP contribution in [0.2, 0.25) is 0 Å². The third-order valence-electron chi connectivity index (χ3n) is 4.20. The van der Waals surface area contributed by atoms with Crippen molar-refractivity contribution in [3.63, 3.8) is 0 Å². The molecule has 2 heterocycles. The topological polar surface area (TPSA) is 61.0 Å². The maximum absolute atomic E-state index is 6.16. The summed E-state index contributed by atoms with van der Waals surface area (Å²) < 4.78 is 0. The molecule has 1 aromatic heterocycles. The summed E-state index contributed by atoms with van der Waals surface area (Å²) in [4.78, 5) is 15.6. The van der Waals surface area contributed by atoms with E-state index in [-0.39, 0.29) is 24.0 Å². The first-order chi connectivity index (χ1) is 11.7. The summed E-state index contributed by atoms with van der Waals surface area (Å²) >= 11 is 1.68. The van der Waals surface area contributed by atoms with Crippen LogP contribution in [0.1, 0.15) is 0 Å². The van der Waals surface area contributed by atoms with Gasteiger partial charge >= 0.3 is 0 Å². The highest BCUT2D eigenvalue weighted by molar-refractivity contribution is 14.0. The Hall–Kier alpha value is -1.55. The van der Waals surface area contributed by atoms with Gasteiger partial charge < -0.3 is 20.4 Å². The summed E-state index contributed by atoms with van der Waals surface area (Å²) in [7, 11) is 2.08. The molecule has 0 bridgehead atoms. The van der Waals surface area contributed by atoms with Crippen molar-refractivity contribution in [3.05, 3.63) is 41.9 Å². The predicted molar refractivity (Wildman–Crippen MR) is 118 cm³/mol. The number of nitrogens with two attached hydrogens (primary N) is 1. The van der Waals surface area contributed by atoms with Gasteiger partial charge in [0.2, 0.25) is 0 Å². The van der Waals surface area contributed by atoms with Crippen molar-refractivity contribution in [2.45, 2.75) is 0 Å². The summed E-state index contributed by atoms with van der Waals surface area (Å²) in [6, 6.07) is 10.3. The van der Waals surface area contributed by atoms with E-state index in [9.17, 15) is 0 Å². The van der Waals surface area contributed by atoms with Crippen LogP contribution in [0.25, 0.3) is 0 Å². The van der Waals surface area contributed by atoms with Crippen LogP contribution in [0, 0.1) is 0 Å². The number of para-hydroxylation sites is 1. The number of aliphatic imine (C=N–C) groups is 1. The quantitative estimate of drug-likeness (QED) is 0.411. The van der Waals surface area contributed by atoms with E-state index in [1.165, 1.54) is 5.69 Å². The van der Waals surface area contributed by atoms with Crippen LogP contribution in [0.3, 0.4) is 0 Å². The van der Waals surface area contributed by atoms with Crippen LogP contribution in [0.5, 0.6) is 0 Å². The SMILES string of the molecule is CN(CCN=C(N)N1CCN(c2nccs2)CC1)c1ccccc1.I. The smallest absolute Gasteiger partial charge is 0.191 e. The maximum Gasteiger partial charge on any atom is 0.191 e. The Labute approximate surface area is 170 Å². The van der Waals surface area contributed by atoms with Gasteiger partial charge in [0.15, 0.2) is 11.1 Å². The molecule has 0 saturated carbocycles. The summed E-state index contributed by atoms with van der Waals surface area (Å²) in [5, 5.41) is 3.11. The highest BCUT2D eigenvalue weighted by Crippen LogP contribution is 2.18. The fourth-order valence-electron chi connectivity index (χ4n) is 2.73. The number of nitrogens with zero attached hydrogens (tertiary/aromatic N) is 5. The zero-order valence-electron chi connectivity index (χ0n) is 14.4. The van der Waals surface area contributed by atoms with E-state index in [1.54, 1.807) is 11.3 Å².